The van der Waals surface area contributed by atoms with Crippen LogP contribution in [0.1, 0.15) is 214 Å². The van der Waals surface area contributed by atoms with Crippen molar-refractivity contribution in [2.24, 2.45) is 11.8 Å². The Morgan fingerprint density at radius 3 is 1.85 bits per heavy atom. The van der Waals surface area contributed by atoms with Crippen molar-refractivity contribution in [3.8, 4) is 23.7 Å². The molecule has 9 heteroatoms. The molecule has 2 atom stereocenters. The molecule has 2 unspecified atom stereocenters. The van der Waals surface area contributed by atoms with Crippen LogP contribution in [0.5, 0.6) is 0 Å². The van der Waals surface area contributed by atoms with Gasteiger partial charge >= 0.3 is 5.97 Å². The van der Waals surface area contributed by atoms with E-state index in [-0.39, 0.29) is 40.5 Å². The number of carboxylic acid groups (broad SMARTS) is 1. The highest BCUT2D eigenvalue weighted by molar-refractivity contribution is 6.42. The van der Waals surface area contributed by atoms with Crippen molar-refractivity contribution in [3.05, 3.63) is 69.3 Å². The highest BCUT2D eigenvalue weighted by atomic mass is 16.4. The van der Waals surface area contributed by atoms with Crippen molar-refractivity contribution in [1.82, 2.24) is 16.0 Å². The van der Waals surface area contributed by atoms with E-state index in [2.05, 4.69) is 67.3 Å². The summed E-state index contributed by atoms with van der Waals surface area (Å²) in [5, 5.41) is 35.5. The van der Waals surface area contributed by atoms with E-state index in [4.69, 9.17) is 0 Å². The van der Waals surface area contributed by atoms with Gasteiger partial charge in [0.25, 0.3) is 17.7 Å². The molecule has 66 heavy (non-hydrogen) atoms. The maximum Gasteiger partial charge on any atom is 0.337 e. The minimum Gasteiger partial charge on any atom is -0.478 e. The van der Waals surface area contributed by atoms with Crippen molar-refractivity contribution < 1.29 is 24.3 Å². The third-order valence-corrected chi connectivity index (χ3v) is 14.9. The first-order valence-corrected chi connectivity index (χ1v) is 25.1. The van der Waals surface area contributed by atoms with Gasteiger partial charge in [0, 0.05) is 90.6 Å². The van der Waals surface area contributed by atoms with Crippen LogP contribution in [0.3, 0.4) is 0 Å². The number of carbonyl (C=O) groups is 4. The molecule has 0 aromatic heterocycles. The van der Waals surface area contributed by atoms with Gasteiger partial charge in [-0.15, -0.1) is 0 Å². The number of hydrogen-bond acceptors (Lipinski definition) is 5. The number of hydrogen-bond donors (Lipinski definition) is 5. The van der Waals surface area contributed by atoms with Crippen LogP contribution in [0, 0.1) is 40.9 Å². The van der Waals surface area contributed by atoms with Crippen LogP contribution in [0.4, 0.5) is 0 Å². The van der Waals surface area contributed by atoms with E-state index in [1.165, 1.54) is 0 Å². The first-order chi connectivity index (χ1) is 32.1. The second kappa shape index (κ2) is 20.7. The second-order valence-corrected chi connectivity index (χ2v) is 19.3. The number of benzene rings is 5. The highest BCUT2D eigenvalue weighted by Gasteiger charge is 2.34. The van der Waals surface area contributed by atoms with Crippen LogP contribution in [-0.4, -0.2) is 46.7 Å². The standard InChI is InChI=1S/C57H66N4O5/c1-5-9-19-34(7-3)21-17-23-36-33-44-47-42(55(63)61-56(44)64)31-30-41-46-39(28-18-22-35(8-4)20-10-6-2)51(57(65)66)52(53(58)59-37-24-13-11-14-25-37)50-43(54(62)60-38-26-15-12-16-27-38)32-29-40(49(46)50)45(36)48(41)47/h29-35,37-38H,5-16,19-22,24-27H2,1-4H3,(H2,58,59)(H,60,62)(H,65,66)(H,61,63,64). The van der Waals surface area contributed by atoms with Gasteiger partial charge in [0.2, 0.25) is 0 Å². The summed E-state index contributed by atoms with van der Waals surface area (Å²) < 4.78 is 0. The molecule has 2 aliphatic carbocycles. The smallest absolute Gasteiger partial charge is 0.337 e. The summed E-state index contributed by atoms with van der Waals surface area (Å²) in [6.07, 6.45) is 19.4. The predicted molar refractivity (Wildman–Crippen MR) is 267 cm³/mol. The molecule has 344 valence electrons. The Morgan fingerprint density at radius 1 is 0.682 bits per heavy atom. The molecule has 5 N–H and O–H groups in total. The van der Waals surface area contributed by atoms with E-state index < -0.39 is 17.8 Å². The van der Waals surface area contributed by atoms with Crippen molar-refractivity contribution in [1.29, 1.82) is 5.41 Å². The van der Waals surface area contributed by atoms with Crippen LogP contribution in [0.25, 0.3) is 43.1 Å². The number of carboxylic acids is 1. The zero-order valence-electron chi connectivity index (χ0n) is 39.4. The van der Waals surface area contributed by atoms with E-state index >= 15 is 0 Å². The third-order valence-electron chi connectivity index (χ3n) is 14.9. The summed E-state index contributed by atoms with van der Waals surface area (Å²) in [4.78, 5) is 56.6. The first kappa shape index (κ1) is 46.6. The highest BCUT2D eigenvalue weighted by Crippen LogP contribution is 2.48. The van der Waals surface area contributed by atoms with Crippen LogP contribution < -0.4 is 16.0 Å². The molecule has 1 heterocycles. The van der Waals surface area contributed by atoms with Gasteiger partial charge in [0.05, 0.1) is 5.56 Å². The van der Waals surface area contributed by atoms with Crippen LogP contribution in [0.15, 0.2) is 30.3 Å². The fourth-order valence-electron chi connectivity index (χ4n) is 11.1. The Balaban J connectivity index is 1.53. The minimum absolute atomic E-state index is 0.0217. The molecule has 3 aliphatic rings. The Bertz CT molecular complexity index is 2840. The van der Waals surface area contributed by atoms with Gasteiger partial charge in [-0.05, 0) is 79.3 Å². The van der Waals surface area contributed by atoms with E-state index in [0.29, 0.717) is 84.6 Å². The van der Waals surface area contributed by atoms with Gasteiger partial charge < -0.3 is 15.7 Å². The van der Waals surface area contributed by atoms with Crippen molar-refractivity contribution in [2.45, 2.75) is 168 Å². The molecule has 2 fully saturated rings. The predicted octanol–water partition coefficient (Wildman–Crippen LogP) is 12.5. The lowest BCUT2D eigenvalue weighted by molar-refractivity contribution is 0.0695. The Labute approximate surface area is 389 Å². The minimum atomic E-state index is -1.24. The number of unbranched alkanes of at least 4 members (excludes halogenated alkanes) is 2. The summed E-state index contributed by atoms with van der Waals surface area (Å²) in [5.74, 6) is 12.0. The summed E-state index contributed by atoms with van der Waals surface area (Å²) in [6.45, 7) is 8.72. The summed E-state index contributed by atoms with van der Waals surface area (Å²) >= 11 is 0. The molecular formula is C57H66N4O5. The molecular weight excluding hydrogens is 821 g/mol. The molecule has 0 saturated heterocycles. The molecule has 0 spiro atoms. The maximum atomic E-state index is 14.9. The summed E-state index contributed by atoms with van der Waals surface area (Å²) in [6, 6.07) is 9.02. The zero-order chi connectivity index (χ0) is 46.5. The number of amides is 3. The molecule has 8 rings (SSSR count). The van der Waals surface area contributed by atoms with Crippen LogP contribution >= 0.6 is 0 Å². The fraction of sp³-hybridized carbons (Fsp3) is 0.491. The van der Waals surface area contributed by atoms with Gasteiger partial charge in [0.1, 0.15) is 5.84 Å². The average molecular weight is 887 g/mol. The third kappa shape index (κ3) is 9.11. The number of rotatable bonds is 15. The molecule has 2 saturated carbocycles. The average Bonchev–Trinajstić information content (AvgIpc) is 3.32. The lowest BCUT2D eigenvalue weighted by Crippen LogP contribution is -2.38. The monoisotopic (exact) mass is 887 g/mol. The number of nitrogens with one attached hydrogen (secondary N) is 4. The molecule has 0 bridgehead atoms. The number of aromatic carboxylic acids is 1. The van der Waals surface area contributed by atoms with Crippen molar-refractivity contribution in [2.75, 3.05) is 0 Å². The van der Waals surface area contributed by atoms with Gasteiger partial charge in [0.15, 0.2) is 0 Å². The Morgan fingerprint density at radius 2 is 1.24 bits per heavy atom. The number of carbonyl (C=O) groups excluding carboxylic acids is 3. The van der Waals surface area contributed by atoms with Crippen LogP contribution in [0.2, 0.25) is 0 Å². The SMILES string of the molecule is CCCCC(CC)CC#Cc1cc2c3c(ccc4c5c(C#CCC(CC)CCCC)c(C(=O)O)c(C(=N)NC6CCCCC6)c6c(C(=O)NC7CCCCC7)ccc(c1c34)c65)C(=O)NC2=O. The molecule has 1 aliphatic heterocycles. The van der Waals surface area contributed by atoms with Gasteiger partial charge in [-0.1, -0.05) is 141 Å². The van der Waals surface area contributed by atoms with Gasteiger partial charge in [-0.2, -0.15) is 0 Å². The van der Waals surface area contributed by atoms with Crippen molar-refractivity contribution >= 4 is 72.6 Å². The number of fused-ring (bicyclic) bond motifs is 2. The van der Waals surface area contributed by atoms with Gasteiger partial charge in [-0.3, -0.25) is 25.1 Å². The Kier molecular flexibility index (Phi) is 14.6. The molecule has 0 radical (unpaired) electrons. The number of imide groups is 1. The maximum absolute atomic E-state index is 14.9. The molecule has 3 amide bonds. The first-order valence-electron chi connectivity index (χ1n) is 25.1. The van der Waals surface area contributed by atoms with E-state index in [9.17, 15) is 29.7 Å². The van der Waals surface area contributed by atoms with E-state index in [0.717, 1.165) is 121 Å². The van der Waals surface area contributed by atoms with Gasteiger partial charge in [-0.25, -0.2) is 4.79 Å². The van der Waals surface area contributed by atoms with Crippen molar-refractivity contribution in [3.63, 3.8) is 0 Å². The fourth-order valence-corrected chi connectivity index (χ4v) is 11.1. The summed E-state index contributed by atoms with van der Waals surface area (Å²) in [7, 11) is 0. The topological polar surface area (TPSA) is 148 Å². The molecule has 5 aromatic rings. The van der Waals surface area contributed by atoms with Crippen LogP contribution in [-0.2, 0) is 0 Å². The summed E-state index contributed by atoms with van der Waals surface area (Å²) in [5.41, 5.74) is 1.90. The normalized spacial score (nSPS) is 16.4. The second-order valence-electron chi connectivity index (χ2n) is 19.3. The quantitative estimate of drug-likeness (QED) is 0.0176. The van der Waals surface area contributed by atoms with E-state index in [1.807, 2.05) is 12.1 Å². The largest absolute Gasteiger partial charge is 0.478 e. The molecule has 9 nitrogen and oxygen atoms in total. The molecule has 5 aromatic carbocycles. The Hall–Kier alpha value is -5.93. The lowest BCUT2D eigenvalue weighted by atomic mass is 9.78. The number of amidine groups is 1. The zero-order valence-corrected chi connectivity index (χ0v) is 39.4. The van der Waals surface area contributed by atoms with E-state index in [1.54, 1.807) is 18.2 Å². The lowest BCUT2D eigenvalue weighted by Gasteiger charge is -2.28.